The molecule has 1 fully saturated rings. The van der Waals surface area contributed by atoms with Crippen LogP contribution in [0.2, 0.25) is 0 Å². The van der Waals surface area contributed by atoms with Crippen molar-refractivity contribution < 1.29 is 9.53 Å². The molecule has 1 saturated heterocycles. The molecule has 1 N–H and O–H groups in total. The molecule has 0 bridgehead atoms. The number of ether oxygens (including phenoxy) is 1. The van der Waals surface area contributed by atoms with E-state index in [-0.39, 0.29) is 17.7 Å². The molecule has 0 aromatic rings. The first-order valence-electron chi connectivity index (χ1n) is 4.60. The fourth-order valence-corrected chi connectivity index (χ4v) is 1.29. The average Bonchev–Trinajstić information content (AvgIpc) is 2.17. The molecule has 0 aliphatic carbocycles. The minimum Gasteiger partial charge on any atom is -0.378 e. The van der Waals surface area contributed by atoms with Gasteiger partial charge in [0.05, 0.1) is 19.3 Å². The number of ketones is 1. The molecule has 70 valence electrons. The van der Waals surface area contributed by atoms with Gasteiger partial charge in [-0.2, -0.15) is 0 Å². The van der Waals surface area contributed by atoms with E-state index in [9.17, 15) is 4.79 Å². The molecule has 0 aromatic carbocycles. The zero-order chi connectivity index (χ0) is 8.97. The van der Waals surface area contributed by atoms with Crippen molar-refractivity contribution in [2.75, 3.05) is 19.8 Å². The van der Waals surface area contributed by atoms with Crippen LogP contribution in [0, 0.1) is 5.92 Å². The smallest absolute Gasteiger partial charge is 0.154 e. The molecule has 0 radical (unpaired) electrons. The molecule has 1 aliphatic heterocycles. The fourth-order valence-electron chi connectivity index (χ4n) is 1.29. The summed E-state index contributed by atoms with van der Waals surface area (Å²) in [6.07, 6.45) is 0.914. The van der Waals surface area contributed by atoms with Crippen LogP contribution in [-0.4, -0.2) is 31.6 Å². The Kier molecular flexibility index (Phi) is 3.69. The van der Waals surface area contributed by atoms with Gasteiger partial charge in [-0.05, 0) is 6.42 Å². The van der Waals surface area contributed by atoms with Crippen molar-refractivity contribution in [3.63, 3.8) is 0 Å². The highest BCUT2D eigenvalue weighted by atomic mass is 16.5. The van der Waals surface area contributed by atoms with E-state index in [0.717, 1.165) is 19.6 Å². The van der Waals surface area contributed by atoms with E-state index in [0.29, 0.717) is 6.61 Å². The van der Waals surface area contributed by atoms with E-state index < -0.39 is 0 Å². The summed E-state index contributed by atoms with van der Waals surface area (Å²) < 4.78 is 5.21. The number of hydrogen-bond donors (Lipinski definition) is 1. The number of nitrogens with one attached hydrogen (secondary N) is 1. The van der Waals surface area contributed by atoms with Crippen LogP contribution in [0.15, 0.2) is 0 Å². The minimum absolute atomic E-state index is 0.0614. The van der Waals surface area contributed by atoms with Gasteiger partial charge in [0.15, 0.2) is 5.78 Å². The predicted molar refractivity (Wildman–Crippen MR) is 47.1 cm³/mol. The largest absolute Gasteiger partial charge is 0.378 e. The summed E-state index contributed by atoms with van der Waals surface area (Å²) in [6.45, 7) is 6.07. The highest BCUT2D eigenvalue weighted by molar-refractivity contribution is 5.86. The molecule has 0 amide bonds. The Morgan fingerprint density at radius 2 is 2.50 bits per heavy atom. The van der Waals surface area contributed by atoms with Gasteiger partial charge < -0.3 is 10.1 Å². The lowest BCUT2D eigenvalue weighted by molar-refractivity contribution is -0.127. The van der Waals surface area contributed by atoms with Gasteiger partial charge in [-0.25, -0.2) is 0 Å². The van der Waals surface area contributed by atoms with Gasteiger partial charge in [0, 0.05) is 12.5 Å². The topological polar surface area (TPSA) is 38.3 Å². The van der Waals surface area contributed by atoms with Gasteiger partial charge in [-0.3, -0.25) is 4.79 Å². The second kappa shape index (κ2) is 4.58. The van der Waals surface area contributed by atoms with Crippen LogP contribution >= 0.6 is 0 Å². The number of hydrogen-bond acceptors (Lipinski definition) is 3. The number of carbonyl (C=O) groups is 1. The lowest BCUT2D eigenvalue weighted by Gasteiger charge is -2.24. The molecular weight excluding hydrogens is 154 g/mol. The number of carbonyl (C=O) groups excluding carboxylic acids is 1. The van der Waals surface area contributed by atoms with Crippen molar-refractivity contribution in [2.45, 2.75) is 26.3 Å². The molecule has 1 rings (SSSR count). The first-order chi connectivity index (χ1) is 5.75. The van der Waals surface area contributed by atoms with Crippen LogP contribution in [-0.2, 0) is 9.53 Å². The summed E-state index contributed by atoms with van der Waals surface area (Å²) >= 11 is 0. The van der Waals surface area contributed by atoms with E-state index in [1.165, 1.54) is 0 Å². The molecule has 2 atom stereocenters. The maximum absolute atomic E-state index is 11.6. The minimum atomic E-state index is -0.0614. The molecule has 3 nitrogen and oxygen atoms in total. The normalized spacial score (nSPS) is 26.7. The lowest BCUT2D eigenvalue weighted by Crippen LogP contribution is -2.48. The van der Waals surface area contributed by atoms with Crippen molar-refractivity contribution in [1.82, 2.24) is 5.32 Å². The Labute approximate surface area is 73.5 Å². The third-order valence-corrected chi connectivity index (χ3v) is 2.36. The van der Waals surface area contributed by atoms with E-state index >= 15 is 0 Å². The van der Waals surface area contributed by atoms with Crippen molar-refractivity contribution in [3.8, 4) is 0 Å². The molecular formula is C9H17NO2. The van der Waals surface area contributed by atoms with Gasteiger partial charge >= 0.3 is 0 Å². The Bertz CT molecular complexity index is 153. The van der Waals surface area contributed by atoms with E-state index in [4.69, 9.17) is 4.74 Å². The third-order valence-electron chi connectivity index (χ3n) is 2.36. The molecule has 1 aliphatic rings. The summed E-state index contributed by atoms with van der Waals surface area (Å²) in [4.78, 5) is 11.6. The SMILES string of the molecule is CCC(C)C(=O)C1COCCN1. The fraction of sp³-hybridized carbons (Fsp3) is 0.889. The molecule has 1 heterocycles. The lowest BCUT2D eigenvalue weighted by atomic mass is 9.97. The van der Waals surface area contributed by atoms with E-state index in [2.05, 4.69) is 5.32 Å². The van der Waals surface area contributed by atoms with Crippen LogP contribution in [0.3, 0.4) is 0 Å². The van der Waals surface area contributed by atoms with Crippen LogP contribution in [0.4, 0.5) is 0 Å². The third kappa shape index (κ3) is 2.29. The van der Waals surface area contributed by atoms with Gasteiger partial charge in [0.1, 0.15) is 0 Å². The van der Waals surface area contributed by atoms with Gasteiger partial charge in [0.25, 0.3) is 0 Å². The Balaban J connectivity index is 2.39. The van der Waals surface area contributed by atoms with Gasteiger partial charge in [0.2, 0.25) is 0 Å². The van der Waals surface area contributed by atoms with Crippen molar-refractivity contribution >= 4 is 5.78 Å². The first kappa shape index (κ1) is 9.68. The van der Waals surface area contributed by atoms with Gasteiger partial charge in [-0.1, -0.05) is 13.8 Å². The summed E-state index contributed by atoms with van der Waals surface area (Å²) in [6, 6.07) is -0.0614. The molecule has 3 heteroatoms. The van der Waals surface area contributed by atoms with Crippen LogP contribution < -0.4 is 5.32 Å². The maximum atomic E-state index is 11.6. The highest BCUT2D eigenvalue weighted by Gasteiger charge is 2.24. The first-order valence-corrected chi connectivity index (χ1v) is 4.60. The van der Waals surface area contributed by atoms with Crippen molar-refractivity contribution in [3.05, 3.63) is 0 Å². The quantitative estimate of drug-likeness (QED) is 0.675. The zero-order valence-electron chi connectivity index (χ0n) is 7.80. The molecule has 0 spiro atoms. The monoisotopic (exact) mass is 171 g/mol. The molecule has 2 unspecified atom stereocenters. The van der Waals surface area contributed by atoms with Crippen LogP contribution in [0.25, 0.3) is 0 Å². The number of rotatable bonds is 3. The zero-order valence-corrected chi connectivity index (χ0v) is 7.80. The number of Topliss-reactive ketones (excluding diaryl/α,β-unsaturated/α-hetero) is 1. The summed E-state index contributed by atoms with van der Waals surface area (Å²) in [5, 5.41) is 3.16. The highest BCUT2D eigenvalue weighted by Crippen LogP contribution is 2.07. The second-order valence-corrected chi connectivity index (χ2v) is 3.29. The van der Waals surface area contributed by atoms with Crippen LogP contribution in [0.1, 0.15) is 20.3 Å². The second-order valence-electron chi connectivity index (χ2n) is 3.29. The van der Waals surface area contributed by atoms with Crippen molar-refractivity contribution in [2.24, 2.45) is 5.92 Å². The van der Waals surface area contributed by atoms with E-state index in [1.807, 2.05) is 13.8 Å². The Morgan fingerprint density at radius 3 is 3.00 bits per heavy atom. The standard InChI is InChI=1S/C9H17NO2/c1-3-7(2)9(11)8-6-12-5-4-10-8/h7-8,10H,3-6H2,1-2H3. The maximum Gasteiger partial charge on any atom is 0.154 e. The molecule has 0 aromatic heterocycles. The summed E-state index contributed by atoms with van der Waals surface area (Å²) in [7, 11) is 0. The molecule has 0 saturated carbocycles. The number of morpholine rings is 1. The van der Waals surface area contributed by atoms with Gasteiger partial charge in [-0.15, -0.1) is 0 Å². The van der Waals surface area contributed by atoms with Crippen molar-refractivity contribution in [1.29, 1.82) is 0 Å². The summed E-state index contributed by atoms with van der Waals surface area (Å²) in [5.74, 6) is 0.446. The van der Waals surface area contributed by atoms with Crippen LogP contribution in [0.5, 0.6) is 0 Å². The molecule has 12 heavy (non-hydrogen) atoms. The Morgan fingerprint density at radius 1 is 1.75 bits per heavy atom. The predicted octanol–water partition coefficient (Wildman–Crippen LogP) is 0.590. The average molecular weight is 171 g/mol. The van der Waals surface area contributed by atoms with E-state index in [1.54, 1.807) is 0 Å². The Hall–Kier alpha value is -0.410. The summed E-state index contributed by atoms with van der Waals surface area (Å²) in [5.41, 5.74) is 0.